The van der Waals surface area contributed by atoms with Crippen molar-refractivity contribution in [3.63, 3.8) is 0 Å². The van der Waals surface area contributed by atoms with Crippen LogP contribution in [-0.4, -0.2) is 8.42 Å². The highest BCUT2D eigenvalue weighted by Gasteiger charge is 2.15. The summed E-state index contributed by atoms with van der Waals surface area (Å²) < 4.78 is 26.7. The van der Waals surface area contributed by atoms with E-state index >= 15 is 0 Å². The van der Waals surface area contributed by atoms with Crippen molar-refractivity contribution in [2.45, 2.75) is 11.8 Å². The van der Waals surface area contributed by atoms with E-state index in [0.717, 1.165) is 5.56 Å². The van der Waals surface area contributed by atoms with Crippen molar-refractivity contribution in [1.29, 1.82) is 0 Å². The number of nitrogens with two attached hydrogens (primary N) is 1. The highest BCUT2D eigenvalue weighted by atomic mass is 35.5. The molecule has 2 aromatic carbocycles. The van der Waals surface area contributed by atoms with Gasteiger partial charge in [0.2, 0.25) is 0 Å². The molecule has 0 amide bonds. The van der Waals surface area contributed by atoms with Crippen molar-refractivity contribution in [3.8, 4) is 0 Å². The summed E-state index contributed by atoms with van der Waals surface area (Å²) in [5, 5.41) is 0.454. The third kappa shape index (κ3) is 3.19. The van der Waals surface area contributed by atoms with Gasteiger partial charge in [-0.25, -0.2) is 8.42 Å². The van der Waals surface area contributed by atoms with E-state index in [-0.39, 0.29) is 10.6 Å². The van der Waals surface area contributed by atoms with E-state index in [1.807, 2.05) is 6.92 Å². The van der Waals surface area contributed by atoms with Crippen LogP contribution in [-0.2, 0) is 10.0 Å². The second kappa shape index (κ2) is 5.11. The second-order valence-corrected chi connectivity index (χ2v) is 6.27. The predicted molar refractivity (Wildman–Crippen MR) is 77.9 cm³/mol. The summed E-state index contributed by atoms with van der Waals surface area (Å²) in [6, 6.07) is 11.2. The molecule has 3 N–H and O–H groups in total. The predicted octanol–water partition coefficient (Wildman–Crippen LogP) is 3.03. The first-order chi connectivity index (χ1) is 8.88. The van der Waals surface area contributed by atoms with Gasteiger partial charge in [-0.05, 0) is 37.3 Å². The van der Waals surface area contributed by atoms with Crippen molar-refractivity contribution in [2.24, 2.45) is 0 Å². The molecule has 0 spiro atoms. The molecule has 0 aliphatic carbocycles. The smallest absolute Gasteiger partial charge is 0.261 e. The van der Waals surface area contributed by atoms with Crippen molar-refractivity contribution < 1.29 is 8.42 Å². The fourth-order valence-electron chi connectivity index (χ4n) is 1.55. The van der Waals surface area contributed by atoms with Crippen LogP contribution in [0.5, 0.6) is 0 Å². The molecule has 0 aromatic heterocycles. The molecule has 2 rings (SSSR count). The molecule has 0 aliphatic heterocycles. The van der Waals surface area contributed by atoms with Crippen LogP contribution in [0.4, 0.5) is 11.4 Å². The Hall–Kier alpha value is -1.72. The zero-order valence-corrected chi connectivity index (χ0v) is 11.8. The molecular formula is C13H13ClN2O2S. The molecule has 100 valence electrons. The van der Waals surface area contributed by atoms with E-state index in [1.54, 1.807) is 30.3 Å². The quantitative estimate of drug-likeness (QED) is 0.855. The Morgan fingerprint density at radius 3 is 2.32 bits per heavy atom. The summed E-state index contributed by atoms with van der Waals surface area (Å²) >= 11 is 5.77. The Labute approximate surface area is 117 Å². The number of hydrogen-bond acceptors (Lipinski definition) is 3. The maximum atomic E-state index is 12.2. The molecule has 0 saturated heterocycles. The first-order valence-electron chi connectivity index (χ1n) is 5.53. The van der Waals surface area contributed by atoms with Gasteiger partial charge in [-0.1, -0.05) is 29.3 Å². The zero-order chi connectivity index (χ0) is 14.0. The molecule has 0 bridgehead atoms. The molecular weight excluding hydrogens is 284 g/mol. The number of hydrogen-bond donors (Lipinski definition) is 2. The lowest BCUT2D eigenvalue weighted by Gasteiger charge is -2.10. The molecule has 0 heterocycles. The highest BCUT2D eigenvalue weighted by molar-refractivity contribution is 7.92. The summed E-state index contributed by atoms with van der Waals surface area (Å²) in [5.74, 6) is 0. The average Bonchev–Trinajstić information content (AvgIpc) is 2.33. The Balaban J connectivity index is 2.33. The number of benzene rings is 2. The number of nitrogen functional groups attached to an aromatic ring is 1. The molecule has 19 heavy (non-hydrogen) atoms. The van der Waals surface area contributed by atoms with Crippen LogP contribution in [0, 0.1) is 6.92 Å². The molecule has 0 atom stereocenters. The van der Waals surface area contributed by atoms with Crippen LogP contribution >= 0.6 is 11.6 Å². The van der Waals surface area contributed by atoms with Crippen LogP contribution in [0.2, 0.25) is 5.02 Å². The number of anilines is 2. The topological polar surface area (TPSA) is 72.2 Å². The standard InChI is InChI=1S/C13H13ClN2O2S/c1-9-2-5-11(6-3-9)19(17,18)16-13-7-4-10(14)8-12(13)15/h2-8,16H,15H2,1H3. The normalized spacial score (nSPS) is 11.3. The minimum Gasteiger partial charge on any atom is -0.397 e. The molecule has 4 nitrogen and oxygen atoms in total. The van der Waals surface area contributed by atoms with Crippen LogP contribution in [0.1, 0.15) is 5.56 Å². The monoisotopic (exact) mass is 296 g/mol. The minimum absolute atomic E-state index is 0.187. The summed E-state index contributed by atoms with van der Waals surface area (Å²) in [6.45, 7) is 1.89. The molecule has 0 radical (unpaired) electrons. The van der Waals surface area contributed by atoms with Gasteiger partial charge in [-0.2, -0.15) is 0 Å². The highest BCUT2D eigenvalue weighted by Crippen LogP contribution is 2.25. The molecule has 0 saturated carbocycles. The van der Waals surface area contributed by atoms with Gasteiger partial charge in [-0.3, -0.25) is 4.72 Å². The van der Waals surface area contributed by atoms with Crippen molar-refractivity contribution >= 4 is 33.0 Å². The maximum absolute atomic E-state index is 12.2. The van der Waals surface area contributed by atoms with Crippen molar-refractivity contribution in [2.75, 3.05) is 10.5 Å². The molecule has 0 unspecified atom stereocenters. The number of sulfonamides is 1. The number of nitrogens with one attached hydrogen (secondary N) is 1. The van der Waals surface area contributed by atoms with Gasteiger partial charge in [0, 0.05) is 5.02 Å². The third-order valence-electron chi connectivity index (χ3n) is 2.59. The fourth-order valence-corrected chi connectivity index (χ4v) is 2.82. The molecule has 0 fully saturated rings. The lowest BCUT2D eigenvalue weighted by atomic mass is 10.2. The Morgan fingerprint density at radius 1 is 1.11 bits per heavy atom. The largest absolute Gasteiger partial charge is 0.397 e. The van der Waals surface area contributed by atoms with Gasteiger partial charge < -0.3 is 5.73 Å². The number of aryl methyl sites for hydroxylation is 1. The van der Waals surface area contributed by atoms with Crippen molar-refractivity contribution in [3.05, 3.63) is 53.1 Å². The lowest BCUT2D eigenvalue weighted by molar-refractivity contribution is 0.601. The molecule has 2 aromatic rings. The van der Waals surface area contributed by atoms with E-state index in [9.17, 15) is 8.42 Å². The molecule has 6 heteroatoms. The van der Waals surface area contributed by atoms with Gasteiger partial charge in [-0.15, -0.1) is 0 Å². The van der Waals surface area contributed by atoms with Gasteiger partial charge in [0.25, 0.3) is 10.0 Å². The Morgan fingerprint density at radius 2 is 1.74 bits per heavy atom. The minimum atomic E-state index is -3.64. The zero-order valence-electron chi connectivity index (χ0n) is 10.2. The maximum Gasteiger partial charge on any atom is 0.261 e. The Bertz CT molecular complexity index is 697. The van der Waals surface area contributed by atoms with Crippen molar-refractivity contribution in [1.82, 2.24) is 0 Å². The molecule has 0 aliphatic rings. The second-order valence-electron chi connectivity index (χ2n) is 4.15. The summed E-state index contributed by atoms with van der Waals surface area (Å²) in [7, 11) is -3.64. The fraction of sp³-hybridized carbons (Fsp3) is 0.0769. The van der Waals surface area contributed by atoms with E-state index in [1.165, 1.54) is 12.1 Å². The third-order valence-corrected chi connectivity index (χ3v) is 4.21. The SMILES string of the molecule is Cc1ccc(S(=O)(=O)Nc2ccc(Cl)cc2N)cc1. The number of rotatable bonds is 3. The first kappa shape index (κ1) is 13.7. The Kier molecular flexibility index (Phi) is 3.68. The van der Waals surface area contributed by atoms with Crippen LogP contribution in [0.15, 0.2) is 47.4 Å². The van der Waals surface area contributed by atoms with E-state index in [0.29, 0.717) is 10.7 Å². The van der Waals surface area contributed by atoms with Gasteiger partial charge in [0.15, 0.2) is 0 Å². The van der Waals surface area contributed by atoms with E-state index < -0.39 is 10.0 Å². The van der Waals surface area contributed by atoms with E-state index in [4.69, 9.17) is 17.3 Å². The van der Waals surface area contributed by atoms with Crippen LogP contribution in [0.3, 0.4) is 0 Å². The average molecular weight is 297 g/mol. The van der Waals surface area contributed by atoms with Gasteiger partial charge in [0.05, 0.1) is 16.3 Å². The number of halogens is 1. The van der Waals surface area contributed by atoms with E-state index in [2.05, 4.69) is 4.72 Å². The lowest BCUT2D eigenvalue weighted by Crippen LogP contribution is -2.14. The summed E-state index contributed by atoms with van der Waals surface area (Å²) in [4.78, 5) is 0.187. The first-order valence-corrected chi connectivity index (χ1v) is 7.39. The summed E-state index contributed by atoms with van der Waals surface area (Å²) in [6.07, 6.45) is 0. The van der Waals surface area contributed by atoms with Gasteiger partial charge >= 0.3 is 0 Å². The summed E-state index contributed by atoms with van der Waals surface area (Å²) in [5.41, 5.74) is 7.30. The van der Waals surface area contributed by atoms with Crippen LogP contribution < -0.4 is 10.5 Å². The van der Waals surface area contributed by atoms with Crippen LogP contribution in [0.25, 0.3) is 0 Å². The van der Waals surface area contributed by atoms with Gasteiger partial charge in [0.1, 0.15) is 0 Å².